The molecule has 0 atom stereocenters. The SMILES string of the molecule is CNC1(Cc2cccc(C(C)(C)C)c2)CC1. The topological polar surface area (TPSA) is 12.0 Å². The van der Waals surface area contributed by atoms with E-state index in [1.165, 1.54) is 30.4 Å². The smallest absolute Gasteiger partial charge is 0.0220 e. The van der Waals surface area contributed by atoms with Crippen LogP contribution >= 0.6 is 0 Å². The van der Waals surface area contributed by atoms with Crippen molar-refractivity contribution in [2.45, 2.75) is 51.0 Å². The molecule has 0 radical (unpaired) electrons. The second-order valence-electron chi connectivity index (χ2n) is 6.16. The minimum absolute atomic E-state index is 0.256. The van der Waals surface area contributed by atoms with Crippen molar-refractivity contribution in [3.63, 3.8) is 0 Å². The summed E-state index contributed by atoms with van der Waals surface area (Å²) in [7, 11) is 2.08. The Morgan fingerprint density at radius 1 is 1.25 bits per heavy atom. The molecule has 16 heavy (non-hydrogen) atoms. The number of nitrogens with one attached hydrogen (secondary N) is 1. The molecular formula is C15H23N. The molecule has 88 valence electrons. The maximum absolute atomic E-state index is 3.46. The van der Waals surface area contributed by atoms with E-state index in [2.05, 4.69) is 57.4 Å². The zero-order chi connectivity index (χ0) is 11.8. The molecular weight excluding hydrogens is 194 g/mol. The normalized spacial score (nSPS) is 18.5. The van der Waals surface area contributed by atoms with Crippen molar-refractivity contribution in [2.75, 3.05) is 7.05 Å². The molecule has 1 fully saturated rings. The Bertz CT molecular complexity index is 369. The van der Waals surface area contributed by atoms with Crippen LogP contribution < -0.4 is 5.32 Å². The van der Waals surface area contributed by atoms with Gasteiger partial charge in [0.05, 0.1) is 0 Å². The zero-order valence-electron chi connectivity index (χ0n) is 10.9. The van der Waals surface area contributed by atoms with Crippen molar-refractivity contribution in [2.24, 2.45) is 0 Å². The summed E-state index contributed by atoms with van der Waals surface area (Å²) in [6.07, 6.45) is 3.82. The van der Waals surface area contributed by atoms with Crippen LogP contribution in [0.25, 0.3) is 0 Å². The molecule has 0 heterocycles. The van der Waals surface area contributed by atoms with Gasteiger partial charge in [-0.25, -0.2) is 0 Å². The fraction of sp³-hybridized carbons (Fsp3) is 0.600. The minimum Gasteiger partial charge on any atom is -0.314 e. The van der Waals surface area contributed by atoms with Crippen LogP contribution in [-0.2, 0) is 11.8 Å². The minimum atomic E-state index is 0.256. The lowest BCUT2D eigenvalue weighted by Crippen LogP contribution is -2.29. The first-order valence-electron chi connectivity index (χ1n) is 6.24. The lowest BCUT2D eigenvalue weighted by atomic mass is 9.85. The molecule has 1 heteroatoms. The summed E-state index contributed by atoms with van der Waals surface area (Å²) >= 11 is 0. The molecule has 1 aliphatic carbocycles. The molecule has 1 aliphatic rings. The predicted molar refractivity (Wildman–Crippen MR) is 69.9 cm³/mol. The quantitative estimate of drug-likeness (QED) is 0.819. The second-order valence-corrected chi connectivity index (χ2v) is 6.16. The Morgan fingerprint density at radius 2 is 1.94 bits per heavy atom. The van der Waals surface area contributed by atoms with Crippen LogP contribution in [0.15, 0.2) is 24.3 Å². The van der Waals surface area contributed by atoms with Crippen molar-refractivity contribution < 1.29 is 0 Å². The molecule has 0 spiro atoms. The lowest BCUT2D eigenvalue weighted by molar-refractivity contribution is 0.545. The highest BCUT2D eigenvalue weighted by molar-refractivity contribution is 5.30. The third-order valence-corrected chi connectivity index (χ3v) is 3.72. The predicted octanol–water partition coefficient (Wildman–Crippen LogP) is 3.28. The van der Waals surface area contributed by atoms with Crippen LogP contribution in [0.4, 0.5) is 0 Å². The molecule has 1 saturated carbocycles. The average molecular weight is 217 g/mol. The first kappa shape index (κ1) is 11.7. The van der Waals surface area contributed by atoms with Crippen molar-refractivity contribution in [1.29, 1.82) is 0 Å². The van der Waals surface area contributed by atoms with Gasteiger partial charge in [-0.3, -0.25) is 0 Å². The third kappa shape index (κ3) is 2.46. The van der Waals surface area contributed by atoms with Gasteiger partial charge in [0.1, 0.15) is 0 Å². The number of benzene rings is 1. The average Bonchev–Trinajstić information content (AvgIpc) is 2.98. The fourth-order valence-corrected chi connectivity index (χ4v) is 2.20. The summed E-state index contributed by atoms with van der Waals surface area (Å²) in [5.74, 6) is 0. The standard InChI is InChI=1S/C15H23N/c1-14(2,3)13-7-5-6-12(10-13)11-15(16-4)8-9-15/h5-7,10,16H,8-9,11H2,1-4H3. The Labute approximate surface area is 99.3 Å². The molecule has 2 rings (SSSR count). The maximum Gasteiger partial charge on any atom is 0.0220 e. The summed E-state index contributed by atoms with van der Waals surface area (Å²) in [5.41, 5.74) is 3.58. The Hall–Kier alpha value is -0.820. The van der Waals surface area contributed by atoms with E-state index in [1.807, 2.05) is 0 Å². The third-order valence-electron chi connectivity index (χ3n) is 3.72. The van der Waals surface area contributed by atoms with Gasteiger partial charge < -0.3 is 5.32 Å². The van der Waals surface area contributed by atoms with E-state index in [0.29, 0.717) is 5.54 Å². The van der Waals surface area contributed by atoms with Gasteiger partial charge >= 0.3 is 0 Å². The summed E-state index contributed by atoms with van der Waals surface area (Å²) in [6, 6.07) is 9.06. The largest absolute Gasteiger partial charge is 0.314 e. The molecule has 1 aromatic rings. The van der Waals surface area contributed by atoms with Crippen molar-refractivity contribution in [3.05, 3.63) is 35.4 Å². The fourth-order valence-electron chi connectivity index (χ4n) is 2.20. The molecule has 0 bridgehead atoms. The maximum atomic E-state index is 3.46. The zero-order valence-corrected chi connectivity index (χ0v) is 10.9. The molecule has 1 nitrogen and oxygen atoms in total. The van der Waals surface area contributed by atoms with Gasteiger partial charge in [-0.2, -0.15) is 0 Å². The van der Waals surface area contributed by atoms with Gasteiger partial charge in [0.15, 0.2) is 0 Å². The van der Waals surface area contributed by atoms with Gasteiger partial charge in [0.2, 0.25) is 0 Å². The van der Waals surface area contributed by atoms with Crippen molar-refractivity contribution in [1.82, 2.24) is 5.32 Å². The molecule has 0 unspecified atom stereocenters. The van der Waals surface area contributed by atoms with E-state index in [0.717, 1.165) is 0 Å². The number of rotatable bonds is 3. The Morgan fingerprint density at radius 3 is 2.44 bits per heavy atom. The van der Waals surface area contributed by atoms with Crippen molar-refractivity contribution >= 4 is 0 Å². The van der Waals surface area contributed by atoms with Crippen LogP contribution in [0.3, 0.4) is 0 Å². The first-order valence-corrected chi connectivity index (χ1v) is 6.24. The summed E-state index contributed by atoms with van der Waals surface area (Å²) in [6.45, 7) is 6.82. The molecule has 0 amide bonds. The number of hydrogen-bond donors (Lipinski definition) is 1. The Balaban J connectivity index is 2.17. The van der Waals surface area contributed by atoms with Crippen LogP contribution in [0.2, 0.25) is 0 Å². The summed E-state index contributed by atoms with van der Waals surface area (Å²) < 4.78 is 0. The molecule has 0 saturated heterocycles. The van der Waals surface area contributed by atoms with E-state index in [9.17, 15) is 0 Å². The van der Waals surface area contributed by atoms with Gasteiger partial charge in [0, 0.05) is 5.54 Å². The molecule has 1 aromatic carbocycles. The van der Waals surface area contributed by atoms with Gasteiger partial charge in [-0.15, -0.1) is 0 Å². The van der Waals surface area contributed by atoms with E-state index >= 15 is 0 Å². The van der Waals surface area contributed by atoms with E-state index < -0.39 is 0 Å². The van der Waals surface area contributed by atoms with Crippen LogP contribution in [-0.4, -0.2) is 12.6 Å². The highest BCUT2D eigenvalue weighted by Gasteiger charge is 2.40. The van der Waals surface area contributed by atoms with Crippen LogP contribution in [0.1, 0.15) is 44.7 Å². The number of likely N-dealkylation sites (N-methyl/N-ethyl adjacent to an activating group) is 1. The van der Waals surface area contributed by atoms with E-state index in [1.54, 1.807) is 0 Å². The Kier molecular flexibility index (Phi) is 2.83. The lowest BCUT2D eigenvalue weighted by Gasteiger charge is -2.21. The van der Waals surface area contributed by atoms with Gasteiger partial charge in [-0.1, -0.05) is 45.0 Å². The van der Waals surface area contributed by atoms with Crippen LogP contribution in [0.5, 0.6) is 0 Å². The van der Waals surface area contributed by atoms with E-state index in [-0.39, 0.29) is 5.41 Å². The molecule has 0 aliphatic heterocycles. The van der Waals surface area contributed by atoms with Gasteiger partial charge in [0.25, 0.3) is 0 Å². The molecule has 1 N–H and O–H groups in total. The van der Waals surface area contributed by atoms with Gasteiger partial charge in [-0.05, 0) is 42.9 Å². The highest BCUT2D eigenvalue weighted by Crippen LogP contribution is 2.38. The summed E-state index contributed by atoms with van der Waals surface area (Å²) in [5, 5.41) is 3.46. The van der Waals surface area contributed by atoms with Crippen LogP contribution in [0, 0.1) is 0 Å². The monoisotopic (exact) mass is 217 g/mol. The number of hydrogen-bond acceptors (Lipinski definition) is 1. The highest BCUT2D eigenvalue weighted by atomic mass is 15.0. The first-order chi connectivity index (χ1) is 7.45. The summed E-state index contributed by atoms with van der Waals surface area (Å²) in [4.78, 5) is 0. The van der Waals surface area contributed by atoms with Crippen molar-refractivity contribution in [3.8, 4) is 0 Å². The molecule has 0 aromatic heterocycles. The second kappa shape index (κ2) is 3.89. The van der Waals surface area contributed by atoms with E-state index in [4.69, 9.17) is 0 Å².